The molecule has 0 radical (unpaired) electrons. The van der Waals surface area contributed by atoms with E-state index in [-0.39, 0.29) is 5.56 Å². The van der Waals surface area contributed by atoms with E-state index in [1.54, 1.807) is 0 Å². The lowest BCUT2D eigenvalue weighted by atomic mass is 9.96. The summed E-state index contributed by atoms with van der Waals surface area (Å²) in [6, 6.07) is 4.53. The molecule has 4 nitrogen and oxygen atoms in total. The molecule has 0 bridgehead atoms. The van der Waals surface area contributed by atoms with E-state index in [0.29, 0.717) is 0 Å². The van der Waals surface area contributed by atoms with Crippen LogP contribution in [0.1, 0.15) is 17.9 Å². The molecular formula is C10H7FO4-2. The molecule has 0 aliphatic rings. The van der Waals surface area contributed by atoms with Gasteiger partial charge >= 0.3 is 0 Å². The topological polar surface area (TPSA) is 80.3 Å². The number of benzene rings is 1. The van der Waals surface area contributed by atoms with Crippen molar-refractivity contribution in [2.24, 2.45) is 0 Å². The minimum Gasteiger partial charge on any atom is -0.550 e. The van der Waals surface area contributed by atoms with E-state index in [1.165, 1.54) is 12.1 Å². The van der Waals surface area contributed by atoms with E-state index in [0.717, 1.165) is 12.1 Å². The van der Waals surface area contributed by atoms with Gasteiger partial charge in [0.05, 0.1) is 0 Å². The predicted octanol–water partition coefficient (Wildman–Crippen LogP) is -1.20. The molecule has 15 heavy (non-hydrogen) atoms. The first-order valence-corrected chi connectivity index (χ1v) is 4.17. The number of carbonyl (C=O) groups is 2. The highest BCUT2D eigenvalue weighted by Crippen LogP contribution is 2.18. The van der Waals surface area contributed by atoms with Crippen LogP contribution in [0.15, 0.2) is 24.3 Å². The van der Waals surface area contributed by atoms with Gasteiger partial charge in [-0.25, -0.2) is 4.39 Å². The summed E-state index contributed by atoms with van der Waals surface area (Å²) < 4.78 is 12.5. The van der Waals surface area contributed by atoms with Crippen molar-refractivity contribution in [2.75, 3.05) is 0 Å². The molecule has 0 spiro atoms. The van der Waals surface area contributed by atoms with Crippen LogP contribution in [0.4, 0.5) is 4.39 Å². The molecule has 0 aliphatic heterocycles. The van der Waals surface area contributed by atoms with Gasteiger partial charge in [0, 0.05) is 17.9 Å². The van der Waals surface area contributed by atoms with Gasteiger partial charge in [0.25, 0.3) is 0 Å². The molecule has 1 atom stereocenters. The Balaban J connectivity index is 2.94. The zero-order chi connectivity index (χ0) is 11.4. The number of carboxylic acids is 2. The summed E-state index contributed by atoms with van der Waals surface area (Å²) in [5.41, 5.74) is 0.181. The number of rotatable bonds is 4. The van der Waals surface area contributed by atoms with Crippen molar-refractivity contribution in [3.05, 3.63) is 35.6 Å². The zero-order valence-corrected chi connectivity index (χ0v) is 7.60. The van der Waals surface area contributed by atoms with Crippen molar-refractivity contribution in [2.45, 2.75) is 12.3 Å². The lowest BCUT2D eigenvalue weighted by Gasteiger charge is -2.18. The predicted molar refractivity (Wildman–Crippen MR) is 43.8 cm³/mol. The Morgan fingerprint density at radius 1 is 1.20 bits per heavy atom. The van der Waals surface area contributed by atoms with Gasteiger partial charge in [0.2, 0.25) is 0 Å². The largest absolute Gasteiger partial charge is 0.550 e. The Hall–Kier alpha value is -1.91. The quantitative estimate of drug-likeness (QED) is 0.625. The summed E-state index contributed by atoms with van der Waals surface area (Å²) in [6.07, 6.45) is -0.687. The fraction of sp³-hybridized carbons (Fsp3) is 0.200. The number of carboxylic acid groups (broad SMARTS) is 2. The minimum absolute atomic E-state index is 0.181. The first-order valence-electron chi connectivity index (χ1n) is 4.17. The summed E-state index contributed by atoms with van der Waals surface area (Å²) in [5, 5.41) is 20.9. The fourth-order valence-corrected chi connectivity index (χ4v) is 1.20. The van der Waals surface area contributed by atoms with Gasteiger partial charge in [-0.2, -0.15) is 0 Å². The first kappa shape index (κ1) is 11.2. The van der Waals surface area contributed by atoms with Crippen LogP contribution in [0, 0.1) is 5.82 Å². The Bertz CT molecular complexity index is 372. The van der Waals surface area contributed by atoms with E-state index in [1.807, 2.05) is 0 Å². The normalized spacial score (nSPS) is 12.1. The monoisotopic (exact) mass is 210 g/mol. The number of carbonyl (C=O) groups excluding carboxylic acids is 2. The number of hydrogen-bond donors (Lipinski definition) is 0. The molecule has 0 N–H and O–H groups in total. The highest BCUT2D eigenvalue weighted by atomic mass is 19.1. The van der Waals surface area contributed by atoms with Gasteiger partial charge in [0.15, 0.2) is 0 Å². The van der Waals surface area contributed by atoms with Gasteiger partial charge in [-0.3, -0.25) is 0 Å². The second-order valence-corrected chi connectivity index (χ2v) is 3.00. The van der Waals surface area contributed by atoms with Crippen LogP contribution in [0.2, 0.25) is 0 Å². The Morgan fingerprint density at radius 3 is 2.13 bits per heavy atom. The maximum absolute atomic E-state index is 12.5. The van der Waals surface area contributed by atoms with E-state index in [2.05, 4.69) is 0 Å². The Kier molecular flexibility index (Phi) is 3.38. The molecule has 0 aliphatic carbocycles. The molecule has 0 aromatic heterocycles. The van der Waals surface area contributed by atoms with Gasteiger partial charge in [-0.05, 0) is 24.1 Å². The molecule has 80 valence electrons. The molecule has 0 saturated heterocycles. The molecule has 0 amide bonds. The van der Waals surface area contributed by atoms with Crippen LogP contribution in [-0.2, 0) is 9.59 Å². The smallest absolute Gasteiger partial charge is 0.123 e. The first-order chi connectivity index (χ1) is 7.00. The van der Waals surface area contributed by atoms with Crippen molar-refractivity contribution in [3.63, 3.8) is 0 Å². The highest BCUT2D eigenvalue weighted by molar-refractivity contribution is 5.80. The average molecular weight is 210 g/mol. The molecule has 0 heterocycles. The van der Waals surface area contributed by atoms with E-state index in [4.69, 9.17) is 0 Å². The standard InChI is InChI=1S/C10H9FO4/c11-7-3-1-6(2-4-7)8(10(14)15)5-9(12)13/h1-4,8H,5H2,(H,12,13)(H,14,15)/p-2/t8-/m1/s1. The second-order valence-electron chi connectivity index (χ2n) is 3.00. The number of halogens is 1. The fourth-order valence-electron chi connectivity index (χ4n) is 1.20. The van der Waals surface area contributed by atoms with Crippen LogP contribution in [0.25, 0.3) is 0 Å². The third kappa shape index (κ3) is 3.05. The van der Waals surface area contributed by atoms with Crippen molar-refractivity contribution in [3.8, 4) is 0 Å². The Labute approximate surface area is 85.0 Å². The number of aliphatic carboxylic acids is 2. The molecule has 1 aromatic rings. The lowest BCUT2D eigenvalue weighted by molar-refractivity contribution is -0.317. The van der Waals surface area contributed by atoms with Crippen LogP contribution in [0.3, 0.4) is 0 Å². The van der Waals surface area contributed by atoms with Crippen molar-refractivity contribution < 1.29 is 24.2 Å². The molecular weight excluding hydrogens is 203 g/mol. The van der Waals surface area contributed by atoms with E-state index < -0.39 is 30.1 Å². The Morgan fingerprint density at radius 2 is 1.73 bits per heavy atom. The summed E-state index contributed by atoms with van der Waals surface area (Å²) in [6.45, 7) is 0. The molecule has 0 unspecified atom stereocenters. The van der Waals surface area contributed by atoms with E-state index >= 15 is 0 Å². The molecule has 1 rings (SSSR count). The summed E-state index contributed by atoms with van der Waals surface area (Å²) in [5.74, 6) is -4.85. The number of hydrogen-bond acceptors (Lipinski definition) is 4. The molecule has 0 saturated carbocycles. The van der Waals surface area contributed by atoms with Gasteiger partial charge in [-0.1, -0.05) is 12.1 Å². The van der Waals surface area contributed by atoms with Crippen LogP contribution in [-0.4, -0.2) is 11.9 Å². The summed E-state index contributed by atoms with van der Waals surface area (Å²) in [7, 11) is 0. The highest BCUT2D eigenvalue weighted by Gasteiger charge is 2.13. The van der Waals surface area contributed by atoms with Crippen LogP contribution in [0.5, 0.6) is 0 Å². The van der Waals surface area contributed by atoms with Crippen LogP contribution < -0.4 is 10.2 Å². The summed E-state index contributed by atoms with van der Waals surface area (Å²) in [4.78, 5) is 20.9. The van der Waals surface area contributed by atoms with Crippen molar-refractivity contribution >= 4 is 11.9 Å². The van der Waals surface area contributed by atoms with E-state index in [9.17, 15) is 24.2 Å². The van der Waals surface area contributed by atoms with Crippen molar-refractivity contribution in [1.82, 2.24) is 0 Å². The molecule has 5 heteroatoms. The zero-order valence-electron chi connectivity index (χ0n) is 7.60. The maximum Gasteiger partial charge on any atom is 0.123 e. The molecule has 0 fully saturated rings. The van der Waals surface area contributed by atoms with Crippen molar-refractivity contribution in [1.29, 1.82) is 0 Å². The third-order valence-corrected chi connectivity index (χ3v) is 1.93. The van der Waals surface area contributed by atoms with Gasteiger partial charge in [-0.15, -0.1) is 0 Å². The second kappa shape index (κ2) is 4.54. The molecule has 1 aromatic carbocycles. The van der Waals surface area contributed by atoms with Gasteiger partial charge in [0.1, 0.15) is 5.82 Å². The minimum atomic E-state index is -1.52. The maximum atomic E-state index is 12.5. The van der Waals surface area contributed by atoms with Crippen LogP contribution >= 0.6 is 0 Å². The van der Waals surface area contributed by atoms with Gasteiger partial charge < -0.3 is 19.8 Å². The lowest BCUT2D eigenvalue weighted by Crippen LogP contribution is -2.34. The average Bonchev–Trinajstić information content (AvgIpc) is 2.15. The third-order valence-electron chi connectivity index (χ3n) is 1.93. The summed E-state index contributed by atoms with van der Waals surface area (Å²) >= 11 is 0. The SMILES string of the molecule is O=C([O-])C[C@@H](C(=O)[O-])c1ccc(F)cc1.